The summed E-state index contributed by atoms with van der Waals surface area (Å²) in [4.78, 5) is 15.9. The van der Waals surface area contributed by atoms with E-state index in [9.17, 15) is 4.79 Å². The maximum atomic E-state index is 11.9. The van der Waals surface area contributed by atoms with Gasteiger partial charge in [0.1, 0.15) is 5.75 Å². The number of benzene rings is 1. The molecule has 5 nitrogen and oxygen atoms in total. The Morgan fingerprint density at radius 3 is 2.65 bits per heavy atom. The van der Waals surface area contributed by atoms with Gasteiger partial charge in [-0.05, 0) is 23.6 Å². The first-order valence-electron chi connectivity index (χ1n) is 7.76. The van der Waals surface area contributed by atoms with Crippen LogP contribution in [0.3, 0.4) is 0 Å². The van der Waals surface area contributed by atoms with Crippen molar-refractivity contribution >= 4 is 6.03 Å². The molecule has 0 atom stereocenters. The Bertz CT molecular complexity index is 615. The highest BCUT2D eigenvalue weighted by Gasteiger charge is 2.06. The predicted molar refractivity (Wildman–Crippen MR) is 90.1 cm³/mol. The molecule has 2 amide bonds. The van der Waals surface area contributed by atoms with E-state index >= 15 is 0 Å². The summed E-state index contributed by atoms with van der Waals surface area (Å²) in [5.41, 5.74) is 1.92. The van der Waals surface area contributed by atoms with Gasteiger partial charge in [-0.3, -0.25) is 4.98 Å². The van der Waals surface area contributed by atoms with Crippen LogP contribution < -0.4 is 15.4 Å². The molecular weight excluding hydrogens is 290 g/mol. The van der Waals surface area contributed by atoms with Crippen molar-refractivity contribution in [1.29, 1.82) is 0 Å². The van der Waals surface area contributed by atoms with Crippen molar-refractivity contribution in [1.82, 2.24) is 15.6 Å². The predicted octanol–water partition coefficient (Wildman–Crippen LogP) is 3.12. The molecule has 0 radical (unpaired) electrons. The van der Waals surface area contributed by atoms with Crippen molar-refractivity contribution in [3.05, 3.63) is 59.9 Å². The number of carbonyl (C=O) groups excluding carboxylic acids is 1. The zero-order valence-electron chi connectivity index (χ0n) is 13.6. The van der Waals surface area contributed by atoms with Crippen LogP contribution in [0.5, 0.6) is 5.75 Å². The van der Waals surface area contributed by atoms with Gasteiger partial charge in [-0.2, -0.15) is 0 Å². The first-order valence-corrected chi connectivity index (χ1v) is 7.76. The van der Waals surface area contributed by atoms with E-state index in [2.05, 4.69) is 29.5 Å². The number of hydrogen-bond acceptors (Lipinski definition) is 3. The molecule has 0 saturated carbocycles. The van der Waals surface area contributed by atoms with Crippen LogP contribution in [0.1, 0.15) is 25.0 Å². The lowest BCUT2D eigenvalue weighted by atomic mass is 10.2. The van der Waals surface area contributed by atoms with Gasteiger partial charge in [-0.1, -0.05) is 38.1 Å². The summed E-state index contributed by atoms with van der Waals surface area (Å²) < 4.78 is 5.78. The van der Waals surface area contributed by atoms with Crippen molar-refractivity contribution in [2.75, 3.05) is 6.61 Å². The first-order chi connectivity index (χ1) is 11.1. The van der Waals surface area contributed by atoms with Crippen molar-refractivity contribution in [2.24, 2.45) is 5.92 Å². The molecule has 0 bridgehead atoms. The normalized spacial score (nSPS) is 10.4. The number of hydrogen-bond donors (Lipinski definition) is 2. The molecule has 5 heteroatoms. The lowest BCUT2D eigenvalue weighted by Crippen LogP contribution is -2.34. The molecule has 0 unspecified atom stereocenters. The first kappa shape index (κ1) is 16.8. The molecule has 0 aliphatic carbocycles. The van der Waals surface area contributed by atoms with Gasteiger partial charge in [0.05, 0.1) is 6.61 Å². The summed E-state index contributed by atoms with van der Waals surface area (Å²) in [6, 6.07) is 11.3. The second-order valence-electron chi connectivity index (χ2n) is 5.71. The fraction of sp³-hybridized carbons (Fsp3) is 0.333. The van der Waals surface area contributed by atoms with E-state index in [1.807, 2.05) is 36.4 Å². The van der Waals surface area contributed by atoms with Gasteiger partial charge in [-0.25, -0.2) is 4.79 Å². The lowest BCUT2D eigenvalue weighted by Gasteiger charge is -2.14. The molecule has 2 N–H and O–H groups in total. The third-order valence-corrected chi connectivity index (χ3v) is 3.16. The largest absolute Gasteiger partial charge is 0.493 e. The Morgan fingerprint density at radius 1 is 1.13 bits per heavy atom. The van der Waals surface area contributed by atoms with E-state index in [1.54, 1.807) is 12.4 Å². The molecule has 2 rings (SSSR count). The maximum Gasteiger partial charge on any atom is 0.315 e. The van der Waals surface area contributed by atoms with Gasteiger partial charge in [0, 0.05) is 31.0 Å². The fourth-order valence-corrected chi connectivity index (χ4v) is 1.97. The minimum Gasteiger partial charge on any atom is -0.493 e. The number of amides is 2. The molecule has 0 fully saturated rings. The molecule has 0 aliphatic rings. The quantitative estimate of drug-likeness (QED) is 0.825. The molecule has 0 saturated heterocycles. The van der Waals surface area contributed by atoms with Gasteiger partial charge in [0.2, 0.25) is 0 Å². The number of pyridine rings is 1. The Balaban J connectivity index is 1.82. The minimum atomic E-state index is -0.215. The fourth-order valence-electron chi connectivity index (χ4n) is 1.97. The Labute approximate surface area is 137 Å². The standard InChI is InChI=1S/C18H23N3O2/c1-14(2)13-23-17-8-4-3-7-16(17)12-21-18(22)20-11-15-6-5-9-19-10-15/h3-10,14H,11-13H2,1-2H3,(H2,20,21,22). The van der Waals surface area contributed by atoms with E-state index < -0.39 is 0 Å². The summed E-state index contributed by atoms with van der Waals surface area (Å²) in [6.45, 7) is 5.74. The smallest absolute Gasteiger partial charge is 0.315 e. The van der Waals surface area contributed by atoms with Gasteiger partial charge in [0.15, 0.2) is 0 Å². The van der Waals surface area contributed by atoms with Gasteiger partial charge >= 0.3 is 6.03 Å². The van der Waals surface area contributed by atoms with E-state index in [0.29, 0.717) is 25.6 Å². The van der Waals surface area contributed by atoms with Gasteiger partial charge in [0.25, 0.3) is 0 Å². The third kappa shape index (κ3) is 5.98. The maximum absolute atomic E-state index is 11.9. The number of para-hydroxylation sites is 1. The van der Waals surface area contributed by atoms with Crippen LogP contribution in [0, 0.1) is 5.92 Å². The van der Waals surface area contributed by atoms with Crippen LogP contribution in [-0.4, -0.2) is 17.6 Å². The topological polar surface area (TPSA) is 63.2 Å². The van der Waals surface area contributed by atoms with E-state index in [0.717, 1.165) is 16.9 Å². The average molecular weight is 313 g/mol. The monoisotopic (exact) mass is 313 g/mol. The Kier molecular flexibility index (Phi) is 6.41. The van der Waals surface area contributed by atoms with E-state index in [-0.39, 0.29) is 6.03 Å². The van der Waals surface area contributed by atoms with Crippen LogP contribution >= 0.6 is 0 Å². The van der Waals surface area contributed by atoms with Gasteiger partial charge in [-0.15, -0.1) is 0 Å². The molecule has 2 aromatic rings. The molecule has 1 aromatic heterocycles. The van der Waals surface area contributed by atoms with Crippen LogP contribution in [0.4, 0.5) is 4.79 Å². The summed E-state index contributed by atoms with van der Waals surface area (Å²) in [5, 5.41) is 5.65. The Morgan fingerprint density at radius 2 is 1.91 bits per heavy atom. The number of nitrogens with zero attached hydrogens (tertiary/aromatic N) is 1. The van der Waals surface area contributed by atoms with Crippen LogP contribution in [0.25, 0.3) is 0 Å². The third-order valence-electron chi connectivity index (χ3n) is 3.16. The zero-order valence-corrected chi connectivity index (χ0v) is 13.6. The van der Waals surface area contributed by atoms with Crippen molar-refractivity contribution in [3.8, 4) is 5.75 Å². The van der Waals surface area contributed by atoms with Crippen LogP contribution in [0.15, 0.2) is 48.8 Å². The SMILES string of the molecule is CC(C)COc1ccccc1CNC(=O)NCc1cccnc1. The van der Waals surface area contributed by atoms with E-state index in [1.165, 1.54) is 0 Å². The molecule has 1 heterocycles. The highest BCUT2D eigenvalue weighted by Crippen LogP contribution is 2.18. The number of ether oxygens (including phenoxy) is 1. The second-order valence-corrected chi connectivity index (χ2v) is 5.71. The summed E-state index contributed by atoms with van der Waals surface area (Å²) in [6.07, 6.45) is 3.44. The average Bonchev–Trinajstić information content (AvgIpc) is 2.58. The number of rotatable bonds is 7. The highest BCUT2D eigenvalue weighted by molar-refractivity contribution is 5.73. The van der Waals surface area contributed by atoms with E-state index in [4.69, 9.17) is 4.74 Å². The lowest BCUT2D eigenvalue weighted by molar-refractivity contribution is 0.239. The zero-order chi connectivity index (χ0) is 16.5. The summed E-state index contributed by atoms with van der Waals surface area (Å²) in [5.74, 6) is 1.27. The van der Waals surface area contributed by atoms with Crippen molar-refractivity contribution in [2.45, 2.75) is 26.9 Å². The van der Waals surface area contributed by atoms with Crippen LogP contribution in [-0.2, 0) is 13.1 Å². The van der Waals surface area contributed by atoms with Crippen molar-refractivity contribution < 1.29 is 9.53 Å². The highest BCUT2D eigenvalue weighted by atomic mass is 16.5. The minimum absolute atomic E-state index is 0.215. The van der Waals surface area contributed by atoms with Crippen molar-refractivity contribution in [3.63, 3.8) is 0 Å². The van der Waals surface area contributed by atoms with Gasteiger partial charge < -0.3 is 15.4 Å². The molecule has 0 aliphatic heterocycles. The molecule has 23 heavy (non-hydrogen) atoms. The summed E-state index contributed by atoms with van der Waals surface area (Å²) >= 11 is 0. The molecular formula is C18H23N3O2. The molecule has 1 aromatic carbocycles. The molecule has 122 valence electrons. The number of carbonyl (C=O) groups is 1. The number of urea groups is 1. The number of aromatic nitrogens is 1. The summed E-state index contributed by atoms with van der Waals surface area (Å²) in [7, 11) is 0. The van der Waals surface area contributed by atoms with Crippen LogP contribution in [0.2, 0.25) is 0 Å². The Hall–Kier alpha value is -2.56. The molecule has 0 spiro atoms. The number of nitrogens with one attached hydrogen (secondary N) is 2. The second kappa shape index (κ2) is 8.78.